The van der Waals surface area contributed by atoms with Gasteiger partial charge in [0, 0.05) is 0 Å². The average molecular weight is 333 g/mol. The molecule has 0 unspecified atom stereocenters. The molecule has 23 heavy (non-hydrogen) atoms. The van der Waals surface area contributed by atoms with Crippen LogP contribution in [0.4, 0.5) is 0 Å². The lowest BCUT2D eigenvalue weighted by atomic mass is 10.2. The Labute approximate surface area is 136 Å². The van der Waals surface area contributed by atoms with Crippen molar-refractivity contribution in [3.8, 4) is 11.5 Å². The van der Waals surface area contributed by atoms with Crippen LogP contribution in [0.1, 0.15) is 15.2 Å². The van der Waals surface area contributed by atoms with Crippen molar-refractivity contribution < 1.29 is 19.1 Å². The first kappa shape index (κ1) is 16.5. The minimum atomic E-state index is -0.575. The number of hydrogen-bond donors (Lipinski definition) is 2. The second kappa shape index (κ2) is 7.95. The van der Waals surface area contributed by atoms with Crippen LogP contribution in [-0.4, -0.2) is 31.7 Å². The standard InChI is InChI=1S/C15H15N3O4S/c1-21-12-7-10(4-5-11(12)22-9-14(16)19)8-17-18-15(20)13-3-2-6-23-13/h2-8H,9H2,1H3,(H2,16,19)(H,18,20)/b17-8+. The molecular formula is C15H15N3O4S. The first-order chi connectivity index (χ1) is 11.1. The maximum atomic E-state index is 11.7. The highest BCUT2D eigenvalue weighted by molar-refractivity contribution is 7.12. The maximum Gasteiger partial charge on any atom is 0.281 e. The minimum Gasteiger partial charge on any atom is -0.493 e. The zero-order chi connectivity index (χ0) is 16.7. The highest BCUT2D eigenvalue weighted by Gasteiger charge is 2.07. The molecule has 120 valence electrons. The summed E-state index contributed by atoms with van der Waals surface area (Å²) in [6.07, 6.45) is 1.48. The van der Waals surface area contributed by atoms with E-state index in [1.807, 2.05) is 5.38 Å². The number of hydrogen-bond acceptors (Lipinski definition) is 6. The van der Waals surface area contributed by atoms with E-state index in [0.717, 1.165) is 0 Å². The molecule has 0 atom stereocenters. The van der Waals surface area contributed by atoms with E-state index in [1.54, 1.807) is 30.3 Å². The number of thiophene rings is 1. The topological polar surface area (TPSA) is 103 Å². The lowest BCUT2D eigenvalue weighted by Gasteiger charge is -2.09. The van der Waals surface area contributed by atoms with Crippen LogP contribution in [0.2, 0.25) is 0 Å². The van der Waals surface area contributed by atoms with Crippen LogP contribution >= 0.6 is 11.3 Å². The Morgan fingerprint density at radius 3 is 2.83 bits per heavy atom. The number of ether oxygens (including phenoxy) is 2. The number of nitrogens with one attached hydrogen (secondary N) is 1. The Balaban J connectivity index is 2.01. The van der Waals surface area contributed by atoms with Crippen molar-refractivity contribution in [3.63, 3.8) is 0 Å². The molecule has 0 aliphatic rings. The third-order valence-electron chi connectivity index (χ3n) is 2.68. The van der Waals surface area contributed by atoms with Gasteiger partial charge in [0.15, 0.2) is 18.1 Å². The molecule has 0 saturated carbocycles. The summed E-state index contributed by atoms with van der Waals surface area (Å²) in [5.41, 5.74) is 8.16. The number of benzene rings is 1. The van der Waals surface area contributed by atoms with Gasteiger partial charge in [0.1, 0.15) is 0 Å². The van der Waals surface area contributed by atoms with E-state index in [0.29, 0.717) is 21.9 Å². The van der Waals surface area contributed by atoms with Crippen molar-refractivity contribution in [2.24, 2.45) is 10.8 Å². The molecule has 0 aliphatic heterocycles. The summed E-state index contributed by atoms with van der Waals surface area (Å²) in [4.78, 5) is 23.0. The van der Waals surface area contributed by atoms with Gasteiger partial charge < -0.3 is 15.2 Å². The molecular weight excluding hydrogens is 318 g/mol. The third kappa shape index (κ3) is 4.82. The quantitative estimate of drug-likeness (QED) is 0.590. The predicted octanol–water partition coefficient (Wildman–Crippen LogP) is 1.38. The molecule has 2 amide bonds. The molecule has 2 rings (SSSR count). The van der Waals surface area contributed by atoms with Crippen molar-refractivity contribution in [1.29, 1.82) is 0 Å². The summed E-state index contributed by atoms with van der Waals surface area (Å²) >= 11 is 1.33. The zero-order valence-corrected chi connectivity index (χ0v) is 13.1. The number of carbonyl (C=O) groups excluding carboxylic acids is 2. The van der Waals surface area contributed by atoms with Gasteiger partial charge in [0.25, 0.3) is 11.8 Å². The molecule has 8 heteroatoms. The molecule has 0 radical (unpaired) electrons. The molecule has 0 fully saturated rings. The Hall–Kier alpha value is -2.87. The normalized spacial score (nSPS) is 10.5. The van der Waals surface area contributed by atoms with E-state index in [2.05, 4.69) is 10.5 Å². The number of rotatable bonds is 7. The molecule has 0 bridgehead atoms. The van der Waals surface area contributed by atoms with Crippen molar-refractivity contribution in [2.45, 2.75) is 0 Å². The molecule has 0 spiro atoms. The first-order valence-electron chi connectivity index (χ1n) is 6.56. The minimum absolute atomic E-state index is 0.235. The monoisotopic (exact) mass is 333 g/mol. The van der Waals surface area contributed by atoms with E-state index in [1.165, 1.54) is 24.7 Å². The lowest BCUT2D eigenvalue weighted by Crippen LogP contribution is -2.20. The molecule has 1 aromatic heterocycles. The Kier molecular flexibility index (Phi) is 5.70. The van der Waals surface area contributed by atoms with Crippen LogP contribution in [-0.2, 0) is 4.79 Å². The molecule has 3 N–H and O–H groups in total. The van der Waals surface area contributed by atoms with E-state index in [4.69, 9.17) is 15.2 Å². The number of amides is 2. The summed E-state index contributed by atoms with van der Waals surface area (Å²) in [5.74, 6) is -0.0236. The van der Waals surface area contributed by atoms with Crippen molar-refractivity contribution in [2.75, 3.05) is 13.7 Å². The average Bonchev–Trinajstić information content (AvgIpc) is 3.07. The Morgan fingerprint density at radius 2 is 2.17 bits per heavy atom. The van der Waals surface area contributed by atoms with Crippen LogP contribution in [0, 0.1) is 0 Å². The molecule has 1 aromatic carbocycles. The van der Waals surface area contributed by atoms with Crippen LogP contribution in [0.3, 0.4) is 0 Å². The number of primary amides is 1. The largest absolute Gasteiger partial charge is 0.493 e. The second-order valence-corrected chi connectivity index (χ2v) is 5.29. The van der Waals surface area contributed by atoms with E-state index in [-0.39, 0.29) is 12.5 Å². The second-order valence-electron chi connectivity index (χ2n) is 4.34. The number of carbonyl (C=O) groups is 2. The van der Waals surface area contributed by atoms with Crippen LogP contribution in [0.25, 0.3) is 0 Å². The first-order valence-corrected chi connectivity index (χ1v) is 7.44. The van der Waals surface area contributed by atoms with Gasteiger partial charge in [0.2, 0.25) is 0 Å². The number of methoxy groups -OCH3 is 1. The van der Waals surface area contributed by atoms with Crippen molar-refractivity contribution in [1.82, 2.24) is 5.43 Å². The molecule has 7 nitrogen and oxygen atoms in total. The van der Waals surface area contributed by atoms with Crippen LogP contribution in [0.5, 0.6) is 11.5 Å². The van der Waals surface area contributed by atoms with E-state index < -0.39 is 5.91 Å². The summed E-state index contributed by atoms with van der Waals surface area (Å²) < 4.78 is 10.4. The van der Waals surface area contributed by atoms with Gasteiger partial charge in [-0.15, -0.1) is 11.3 Å². The molecule has 2 aromatic rings. The Morgan fingerprint density at radius 1 is 1.35 bits per heavy atom. The van der Waals surface area contributed by atoms with Crippen LogP contribution in [0.15, 0.2) is 40.8 Å². The lowest BCUT2D eigenvalue weighted by molar-refractivity contribution is -0.119. The number of nitrogens with two attached hydrogens (primary N) is 1. The SMILES string of the molecule is COc1cc(/C=N/NC(=O)c2cccs2)ccc1OCC(N)=O. The van der Waals surface area contributed by atoms with Gasteiger partial charge >= 0.3 is 0 Å². The summed E-state index contributed by atoms with van der Waals surface area (Å²) in [6, 6.07) is 8.50. The Bertz CT molecular complexity index is 714. The maximum absolute atomic E-state index is 11.7. The smallest absolute Gasteiger partial charge is 0.281 e. The fraction of sp³-hybridized carbons (Fsp3) is 0.133. The van der Waals surface area contributed by atoms with Gasteiger partial charge in [0.05, 0.1) is 18.2 Å². The van der Waals surface area contributed by atoms with Crippen LogP contribution < -0.4 is 20.6 Å². The number of hydrazone groups is 1. The van der Waals surface area contributed by atoms with Crippen molar-refractivity contribution in [3.05, 3.63) is 46.2 Å². The van der Waals surface area contributed by atoms with E-state index >= 15 is 0 Å². The van der Waals surface area contributed by atoms with E-state index in [9.17, 15) is 9.59 Å². The van der Waals surface area contributed by atoms with Gasteiger partial charge in [-0.05, 0) is 35.2 Å². The predicted molar refractivity (Wildman–Crippen MR) is 87.1 cm³/mol. The van der Waals surface area contributed by atoms with Crippen molar-refractivity contribution >= 4 is 29.4 Å². The number of nitrogens with zero attached hydrogens (tertiary/aromatic N) is 1. The molecule has 1 heterocycles. The highest BCUT2D eigenvalue weighted by Crippen LogP contribution is 2.27. The van der Waals surface area contributed by atoms with Gasteiger partial charge in [-0.1, -0.05) is 6.07 Å². The van der Waals surface area contributed by atoms with Gasteiger partial charge in [-0.3, -0.25) is 9.59 Å². The fourth-order valence-electron chi connectivity index (χ4n) is 1.66. The molecule has 0 saturated heterocycles. The van der Waals surface area contributed by atoms with Gasteiger partial charge in [-0.2, -0.15) is 5.10 Å². The zero-order valence-electron chi connectivity index (χ0n) is 12.3. The third-order valence-corrected chi connectivity index (χ3v) is 3.55. The van der Waals surface area contributed by atoms with Gasteiger partial charge in [-0.25, -0.2) is 5.43 Å². The summed E-state index contributed by atoms with van der Waals surface area (Å²) in [5, 5.41) is 5.70. The summed E-state index contributed by atoms with van der Waals surface area (Å²) in [7, 11) is 1.48. The highest BCUT2D eigenvalue weighted by atomic mass is 32.1. The molecule has 0 aliphatic carbocycles. The summed E-state index contributed by atoms with van der Waals surface area (Å²) in [6.45, 7) is -0.235. The fourth-order valence-corrected chi connectivity index (χ4v) is 2.27.